The second-order valence-electron chi connectivity index (χ2n) is 6.06. The molecule has 2 aromatic rings. The van der Waals surface area contributed by atoms with Crippen LogP contribution in [0, 0.1) is 6.92 Å². The van der Waals surface area contributed by atoms with E-state index in [9.17, 15) is 18.0 Å². The third-order valence-electron chi connectivity index (χ3n) is 4.12. The molecule has 2 atom stereocenters. The molecule has 2 aromatic heterocycles. The van der Waals surface area contributed by atoms with Crippen LogP contribution >= 0.6 is 0 Å². The van der Waals surface area contributed by atoms with Gasteiger partial charge in [0.25, 0.3) is 5.91 Å². The second kappa shape index (κ2) is 6.34. The van der Waals surface area contributed by atoms with Crippen molar-refractivity contribution in [3.8, 4) is 0 Å². The lowest BCUT2D eigenvalue weighted by Gasteiger charge is -2.21. The van der Waals surface area contributed by atoms with Crippen molar-refractivity contribution in [2.45, 2.75) is 38.5 Å². The Balaban J connectivity index is 1.71. The predicted molar refractivity (Wildman–Crippen MR) is 83.0 cm³/mol. The number of alkyl halides is 3. The fraction of sp³-hybridized carbons (Fsp3) is 0.467. The summed E-state index contributed by atoms with van der Waals surface area (Å²) in [4.78, 5) is 22.7. The summed E-state index contributed by atoms with van der Waals surface area (Å²) < 4.78 is 38.6. The third kappa shape index (κ3) is 3.57. The molecule has 1 amide bonds. The average Bonchev–Trinajstić information content (AvgIpc) is 3.13. The molecule has 25 heavy (non-hydrogen) atoms. The lowest BCUT2D eigenvalue weighted by Crippen LogP contribution is -2.38. The summed E-state index contributed by atoms with van der Waals surface area (Å²) >= 11 is 0. The van der Waals surface area contributed by atoms with Crippen molar-refractivity contribution in [1.82, 2.24) is 25.5 Å². The number of carbonyl (C=O) groups is 1. The second-order valence-corrected chi connectivity index (χ2v) is 6.06. The molecule has 0 aromatic carbocycles. The maximum Gasteiger partial charge on any atom is 0.420 e. The lowest BCUT2D eigenvalue weighted by molar-refractivity contribution is -0.137. The molecule has 2 N–H and O–H groups in total. The number of halogens is 3. The summed E-state index contributed by atoms with van der Waals surface area (Å²) in [5.74, 6) is -0.282. The number of aryl methyl sites for hydroxylation is 1. The van der Waals surface area contributed by atoms with Crippen molar-refractivity contribution in [3.05, 3.63) is 35.4 Å². The fourth-order valence-corrected chi connectivity index (χ4v) is 2.92. The van der Waals surface area contributed by atoms with Gasteiger partial charge < -0.3 is 10.2 Å². The number of rotatable bonds is 3. The Morgan fingerprint density at radius 1 is 1.44 bits per heavy atom. The van der Waals surface area contributed by atoms with Gasteiger partial charge in [-0.25, -0.2) is 9.97 Å². The van der Waals surface area contributed by atoms with Gasteiger partial charge in [0.15, 0.2) is 0 Å². The van der Waals surface area contributed by atoms with Crippen LogP contribution < -0.4 is 10.2 Å². The summed E-state index contributed by atoms with van der Waals surface area (Å²) in [6, 6.07) is 1.52. The van der Waals surface area contributed by atoms with Gasteiger partial charge in [0.2, 0.25) is 5.95 Å². The standard InChI is InChI=1S/C15H17F3N6O/c1-8-3-4-19-14(21-8)24-7-10(5-9(24)2)22-13(25)12-11(6-20-23-12)15(16,17)18/h3-4,6,9-10H,5,7H2,1-2H3,(H,20,23)(H,22,25). The summed E-state index contributed by atoms with van der Waals surface area (Å²) in [6.45, 7) is 4.23. The molecule has 0 bridgehead atoms. The van der Waals surface area contributed by atoms with E-state index in [1.54, 1.807) is 12.3 Å². The van der Waals surface area contributed by atoms with Crippen LogP contribution in [0.1, 0.15) is 35.1 Å². The van der Waals surface area contributed by atoms with Gasteiger partial charge >= 0.3 is 6.18 Å². The number of H-pyrrole nitrogens is 1. The molecule has 7 nitrogen and oxygen atoms in total. The number of anilines is 1. The molecule has 0 saturated carbocycles. The van der Waals surface area contributed by atoms with Gasteiger partial charge in [-0.05, 0) is 26.3 Å². The molecule has 3 rings (SSSR count). The van der Waals surface area contributed by atoms with E-state index in [4.69, 9.17) is 0 Å². The molecule has 0 spiro atoms. The van der Waals surface area contributed by atoms with Gasteiger partial charge in [0.1, 0.15) is 11.3 Å². The first kappa shape index (κ1) is 17.2. The van der Waals surface area contributed by atoms with Crippen molar-refractivity contribution in [1.29, 1.82) is 0 Å². The molecule has 0 aliphatic carbocycles. The van der Waals surface area contributed by atoms with E-state index in [1.807, 2.05) is 18.7 Å². The molecule has 1 aliphatic rings. The Labute approximate surface area is 141 Å². The first-order valence-electron chi connectivity index (χ1n) is 7.73. The van der Waals surface area contributed by atoms with Gasteiger partial charge in [-0.3, -0.25) is 9.89 Å². The predicted octanol–water partition coefficient (Wildman–Crippen LogP) is 1.92. The number of nitrogens with zero attached hydrogens (tertiary/aromatic N) is 4. The Kier molecular flexibility index (Phi) is 4.36. The zero-order valence-electron chi connectivity index (χ0n) is 13.6. The number of hydrogen-bond acceptors (Lipinski definition) is 5. The molecular weight excluding hydrogens is 337 g/mol. The van der Waals surface area contributed by atoms with Gasteiger partial charge in [-0.2, -0.15) is 18.3 Å². The summed E-state index contributed by atoms with van der Waals surface area (Å²) in [5.41, 5.74) is -0.836. The smallest absolute Gasteiger partial charge is 0.346 e. The number of hydrogen-bond donors (Lipinski definition) is 2. The van der Waals surface area contributed by atoms with E-state index in [0.717, 1.165) is 5.69 Å². The van der Waals surface area contributed by atoms with E-state index >= 15 is 0 Å². The van der Waals surface area contributed by atoms with Crippen molar-refractivity contribution in [3.63, 3.8) is 0 Å². The van der Waals surface area contributed by atoms with Crippen LogP contribution in [0.3, 0.4) is 0 Å². The summed E-state index contributed by atoms with van der Waals surface area (Å²) in [5, 5.41) is 8.09. The first-order valence-corrected chi connectivity index (χ1v) is 7.73. The maximum atomic E-state index is 12.9. The minimum absolute atomic E-state index is 0.0518. The highest BCUT2D eigenvalue weighted by Gasteiger charge is 2.38. The van der Waals surface area contributed by atoms with E-state index in [0.29, 0.717) is 25.1 Å². The SMILES string of the molecule is Cc1ccnc(N2CC(NC(=O)c3[nH]ncc3C(F)(F)F)CC2C)n1. The van der Waals surface area contributed by atoms with E-state index < -0.39 is 23.3 Å². The largest absolute Gasteiger partial charge is 0.420 e. The van der Waals surface area contributed by atoms with Crippen LogP contribution in [0.2, 0.25) is 0 Å². The van der Waals surface area contributed by atoms with Crippen molar-refractivity contribution < 1.29 is 18.0 Å². The van der Waals surface area contributed by atoms with Crippen LogP contribution in [-0.4, -0.2) is 44.7 Å². The maximum absolute atomic E-state index is 12.9. The number of nitrogens with one attached hydrogen (secondary N) is 2. The van der Waals surface area contributed by atoms with E-state index in [2.05, 4.69) is 25.5 Å². The van der Waals surface area contributed by atoms with E-state index in [-0.39, 0.29) is 12.1 Å². The molecule has 10 heteroatoms. The van der Waals surface area contributed by atoms with Crippen LogP contribution in [0.5, 0.6) is 0 Å². The van der Waals surface area contributed by atoms with Crippen LogP contribution in [-0.2, 0) is 6.18 Å². The molecule has 1 saturated heterocycles. The Bertz CT molecular complexity index is 775. The van der Waals surface area contributed by atoms with Crippen molar-refractivity contribution in [2.75, 3.05) is 11.4 Å². The van der Waals surface area contributed by atoms with E-state index in [1.165, 1.54) is 0 Å². The zero-order valence-corrected chi connectivity index (χ0v) is 13.6. The van der Waals surface area contributed by atoms with Crippen LogP contribution in [0.25, 0.3) is 0 Å². The normalized spacial score (nSPS) is 20.8. The summed E-state index contributed by atoms with van der Waals surface area (Å²) in [7, 11) is 0. The minimum atomic E-state index is -4.63. The quantitative estimate of drug-likeness (QED) is 0.879. The highest BCUT2D eigenvalue weighted by molar-refractivity contribution is 5.94. The van der Waals surface area contributed by atoms with Crippen molar-refractivity contribution >= 4 is 11.9 Å². The molecule has 134 valence electrons. The van der Waals surface area contributed by atoms with Gasteiger partial charge in [0, 0.05) is 30.5 Å². The number of aromatic amines is 1. The summed E-state index contributed by atoms with van der Waals surface area (Å²) in [6.07, 6.45) is -1.79. The van der Waals surface area contributed by atoms with Crippen molar-refractivity contribution in [2.24, 2.45) is 0 Å². The van der Waals surface area contributed by atoms with Gasteiger partial charge in [-0.1, -0.05) is 0 Å². The Morgan fingerprint density at radius 2 is 2.20 bits per heavy atom. The molecule has 1 aliphatic heterocycles. The first-order chi connectivity index (χ1) is 11.8. The van der Waals surface area contributed by atoms with Crippen LogP contribution in [0.4, 0.5) is 19.1 Å². The molecule has 2 unspecified atom stereocenters. The topological polar surface area (TPSA) is 86.8 Å². The Morgan fingerprint density at radius 3 is 2.88 bits per heavy atom. The Hall–Kier alpha value is -2.65. The monoisotopic (exact) mass is 354 g/mol. The number of carbonyl (C=O) groups excluding carboxylic acids is 1. The number of amides is 1. The van der Waals surface area contributed by atoms with Crippen LogP contribution in [0.15, 0.2) is 18.5 Å². The zero-order chi connectivity index (χ0) is 18.2. The third-order valence-corrected chi connectivity index (χ3v) is 4.12. The minimum Gasteiger partial charge on any atom is -0.346 e. The molecule has 3 heterocycles. The highest BCUT2D eigenvalue weighted by atomic mass is 19.4. The van der Waals surface area contributed by atoms with Gasteiger partial charge in [0.05, 0.1) is 6.20 Å². The number of aromatic nitrogens is 4. The highest BCUT2D eigenvalue weighted by Crippen LogP contribution is 2.31. The molecule has 0 radical (unpaired) electrons. The lowest BCUT2D eigenvalue weighted by atomic mass is 10.1. The van der Waals surface area contributed by atoms with Gasteiger partial charge in [-0.15, -0.1) is 0 Å². The average molecular weight is 354 g/mol. The molecular formula is C15H17F3N6O. The fourth-order valence-electron chi connectivity index (χ4n) is 2.92. The molecule has 1 fully saturated rings.